The highest BCUT2D eigenvalue weighted by Gasteiger charge is 2.35. The van der Waals surface area contributed by atoms with Crippen LogP contribution < -0.4 is 29.1 Å². The first-order valence-corrected chi connectivity index (χ1v) is 16.5. The summed E-state index contributed by atoms with van der Waals surface area (Å²) in [7, 11) is 4.24. The number of carbonyl (C=O) groups excluding carboxylic acids is 1. The van der Waals surface area contributed by atoms with Crippen LogP contribution in [-0.4, -0.2) is 37.0 Å². The van der Waals surface area contributed by atoms with Crippen molar-refractivity contribution in [1.82, 2.24) is 4.57 Å². The van der Waals surface area contributed by atoms with E-state index in [4.69, 9.17) is 35.5 Å². The van der Waals surface area contributed by atoms with Crippen LogP contribution in [0, 0.1) is 0 Å². The Labute approximate surface area is 292 Å². The Balaban J connectivity index is 1.51. The molecule has 5 aromatic rings. The lowest BCUT2D eigenvalue weighted by atomic mass is 9.93. The fraction of sp³-hybridized carbons (Fsp3) is 0.139. The smallest absolute Gasteiger partial charge is 0.338 e. The van der Waals surface area contributed by atoms with Gasteiger partial charge in [-0.2, -0.15) is 0 Å². The van der Waals surface area contributed by atoms with Crippen molar-refractivity contribution >= 4 is 56.6 Å². The first-order chi connectivity index (χ1) is 23.2. The summed E-state index contributed by atoms with van der Waals surface area (Å²) >= 11 is 11.1. The molecular weight excluding hydrogens is 720 g/mol. The molecule has 0 amide bonds. The highest BCUT2D eigenvalue weighted by Crippen LogP contribution is 2.39. The summed E-state index contributed by atoms with van der Waals surface area (Å²) in [5.74, 6) is 0.381. The molecule has 1 aliphatic heterocycles. The molecule has 9 nitrogen and oxygen atoms in total. The van der Waals surface area contributed by atoms with Crippen LogP contribution >= 0.6 is 38.9 Å². The second kappa shape index (κ2) is 14.1. The van der Waals surface area contributed by atoms with Gasteiger partial charge in [0.05, 0.1) is 47.6 Å². The number of thiazole rings is 1. The van der Waals surface area contributed by atoms with Crippen molar-refractivity contribution in [2.45, 2.75) is 12.6 Å². The third-order valence-corrected chi connectivity index (χ3v) is 9.62. The van der Waals surface area contributed by atoms with Gasteiger partial charge in [0, 0.05) is 16.1 Å². The van der Waals surface area contributed by atoms with Crippen molar-refractivity contribution in [2.75, 3.05) is 21.3 Å². The van der Waals surface area contributed by atoms with Crippen molar-refractivity contribution in [2.24, 2.45) is 4.99 Å². The summed E-state index contributed by atoms with van der Waals surface area (Å²) in [5.41, 5.74) is 2.83. The summed E-state index contributed by atoms with van der Waals surface area (Å²) in [4.78, 5) is 33.0. The number of methoxy groups -OCH3 is 3. The average molecular weight is 748 g/mol. The number of benzene rings is 4. The van der Waals surface area contributed by atoms with Gasteiger partial charge >= 0.3 is 5.97 Å². The molecule has 0 saturated carbocycles. The second-order valence-corrected chi connectivity index (χ2v) is 12.8. The monoisotopic (exact) mass is 746 g/mol. The molecule has 0 saturated heterocycles. The molecule has 1 aliphatic rings. The summed E-state index contributed by atoms with van der Waals surface area (Å²) in [5, 5.41) is 10.9. The van der Waals surface area contributed by atoms with Crippen LogP contribution in [0.5, 0.6) is 23.0 Å². The number of ether oxygens (including phenoxy) is 4. The standard InChI is InChI=1S/C36H28BrClN2O7S/c1-44-27-18-22(13-14-26(27)41)32-30(35(43)46-3)31(21-9-5-4-6-10-21)39-36-40(32)34(42)29(48-36)17-20-15-24(37)33(28(16-20)45-2)47-19-23-11-7-8-12-25(23)38/h4-18,32,41H,19H2,1-3H3/b29-17+. The van der Waals surface area contributed by atoms with Gasteiger partial charge in [0.2, 0.25) is 0 Å². The fourth-order valence-electron chi connectivity index (χ4n) is 5.40. The number of halogens is 2. The lowest BCUT2D eigenvalue weighted by Crippen LogP contribution is -2.39. The van der Waals surface area contributed by atoms with Crippen molar-refractivity contribution in [1.29, 1.82) is 0 Å². The van der Waals surface area contributed by atoms with E-state index in [0.29, 0.717) is 52.7 Å². The van der Waals surface area contributed by atoms with Gasteiger partial charge in [-0.05, 0) is 63.5 Å². The van der Waals surface area contributed by atoms with E-state index < -0.39 is 12.0 Å². The Morgan fingerprint density at radius 2 is 1.73 bits per heavy atom. The Bertz CT molecular complexity index is 2250. The molecule has 0 aliphatic carbocycles. The van der Waals surface area contributed by atoms with Crippen LogP contribution in [0.1, 0.15) is 28.3 Å². The molecule has 48 heavy (non-hydrogen) atoms. The maximum absolute atomic E-state index is 14.3. The van der Waals surface area contributed by atoms with Gasteiger partial charge in [-0.25, -0.2) is 9.79 Å². The highest BCUT2D eigenvalue weighted by atomic mass is 79.9. The van der Waals surface area contributed by atoms with Gasteiger partial charge in [-0.1, -0.05) is 77.5 Å². The van der Waals surface area contributed by atoms with E-state index in [-0.39, 0.29) is 29.2 Å². The molecule has 0 spiro atoms. The van der Waals surface area contributed by atoms with Gasteiger partial charge in [-0.3, -0.25) is 9.36 Å². The average Bonchev–Trinajstić information content (AvgIpc) is 3.41. The Morgan fingerprint density at radius 3 is 2.44 bits per heavy atom. The topological polar surface area (TPSA) is 109 Å². The molecule has 244 valence electrons. The molecule has 4 aromatic carbocycles. The number of phenolic OH excluding ortho intramolecular Hbond substituents is 1. The number of esters is 1. The van der Waals surface area contributed by atoms with Crippen molar-refractivity contribution in [3.63, 3.8) is 0 Å². The number of aromatic nitrogens is 1. The van der Waals surface area contributed by atoms with Crippen LogP contribution in [0.15, 0.2) is 105 Å². The van der Waals surface area contributed by atoms with Crippen molar-refractivity contribution in [3.8, 4) is 23.0 Å². The minimum absolute atomic E-state index is 0.0839. The van der Waals surface area contributed by atoms with Crippen LogP contribution in [0.25, 0.3) is 11.8 Å². The Hall–Kier alpha value is -4.84. The molecule has 1 unspecified atom stereocenters. The van der Waals surface area contributed by atoms with E-state index in [0.717, 1.165) is 5.56 Å². The maximum Gasteiger partial charge on any atom is 0.338 e. The lowest BCUT2D eigenvalue weighted by molar-refractivity contribution is -0.136. The maximum atomic E-state index is 14.3. The number of phenols is 1. The molecular formula is C36H28BrClN2O7S. The van der Waals surface area contributed by atoms with Crippen molar-refractivity contribution in [3.05, 3.63) is 142 Å². The van der Waals surface area contributed by atoms with Gasteiger partial charge in [-0.15, -0.1) is 0 Å². The number of carbonyl (C=O) groups is 1. The van der Waals surface area contributed by atoms with Crippen molar-refractivity contribution < 1.29 is 28.8 Å². The Morgan fingerprint density at radius 1 is 1.00 bits per heavy atom. The van der Waals surface area contributed by atoms with Gasteiger partial charge in [0.1, 0.15) is 6.61 Å². The van der Waals surface area contributed by atoms with Gasteiger partial charge < -0.3 is 24.1 Å². The van der Waals surface area contributed by atoms with Crippen LogP contribution in [-0.2, 0) is 16.1 Å². The second-order valence-electron chi connectivity index (χ2n) is 10.5. The number of nitrogens with zero attached hydrogens (tertiary/aromatic N) is 2. The van der Waals surface area contributed by atoms with Crippen LogP contribution in [0.2, 0.25) is 5.02 Å². The summed E-state index contributed by atoms with van der Waals surface area (Å²) < 4.78 is 24.8. The minimum Gasteiger partial charge on any atom is -0.504 e. The zero-order valence-corrected chi connectivity index (χ0v) is 29.1. The van der Waals surface area contributed by atoms with Gasteiger partial charge in [0.15, 0.2) is 27.8 Å². The molecule has 1 N–H and O–H groups in total. The normalized spacial score (nSPS) is 14.3. The molecule has 1 atom stereocenters. The molecule has 2 heterocycles. The van der Waals surface area contributed by atoms with E-state index in [9.17, 15) is 14.7 Å². The number of rotatable bonds is 9. The van der Waals surface area contributed by atoms with E-state index in [1.165, 1.54) is 43.3 Å². The molecule has 0 bridgehead atoms. The number of aromatic hydroxyl groups is 1. The Kier molecular flexibility index (Phi) is 9.72. The van der Waals surface area contributed by atoms with E-state index >= 15 is 0 Å². The molecule has 0 fully saturated rings. The molecule has 0 radical (unpaired) electrons. The molecule has 6 rings (SSSR count). The largest absolute Gasteiger partial charge is 0.504 e. The third kappa shape index (κ3) is 6.36. The van der Waals surface area contributed by atoms with Crippen LogP contribution in [0.4, 0.5) is 0 Å². The van der Waals surface area contributed by atoms with E-state index in [1.807, 2.05) is 54.6 Å². The zero-order valence-electron chi connectivity index (χ0n) is 25.9. The summed E-state index contributed by atoms with van der Waals surface area (Å²) in [6.45, 7) is 0.223. The lowest BCUT2D eigenvalue weighted by Gasteiger charge is -2.26. The molecule has 12 heteroatoms. The minimum atomic E-state index is -0.942. The quantitative estimate of drug-likeness (QED) is 0.177. The zero-order chi connectivity index (χ0) is 33.9. The predicted molar refractivity (Wildman–Crippen MR) is 188 cm³/mol. The number of hydrogen-bond acceptors (Lipinski definition) is 9. The number of fused-ring (bicyclic) bond motifs is 1. The number of hydrogen-bond donors (Lipinski definition) is 1. The van der Waals surface area contributed by atoms with E-state index in [2.05, 4.69) is 15.9 Å². The first-order valence-electron chi connectivity index (χ1n) is 14.5. The predicted octanol–water partition coefficient (Wildman–Crippen LogP) is 6.26. The van der Waals surface area contributed by atoms with Crippen LogP contribution in [0.3, 0.4) is 0 Å². The molecule has 1 aromatic heterocycles. The first kappa shape index (κ1) is 33.1. The van der Waals surface area contributed by atoms with Gasteiger partial charge in [0.25, 0.3) is 5.56 Å². The third-order valence-electron chi connectivity index (χ3n) is 7.68. The fourth-order valence-corrected chi connectivity index (χ4v) is 7.17. The van der Waals surface area contributed by atoms with E-state index in [1.54, 1.807) is 30.3 Å². The summed E-state index contributed by atoms with van der Waals surface area (Å²) in [6.07, 6.45) is 1.73. The summed E-state index contributed by atoms with van der Waals surface area (Å²) in [6, 6.07) is 24.0. The SMILES string of the molecule is COC(=O)C1=C(c2ccccc2)N=c2s/c(=C/c3cc(Br)c(OCc4ccccc4Cl)c(OC)c3)c(=O)n2C1c1ccc(O)c(OC)c1. The highest BCUT2D eigenvalue weighted by molar-refractivity contribution is 9.10.